The highest BCUT2D eigenvalue weighted by atomic mass is 32.2. The first-order valence-corrected chi connectivity index (χ1v) is 10.1. The third-order valence-electron chi connectivity index (χ3n) is 4.59. The number of hydrogen-bond donors (Lipinski definition) is 0. The lowest BCUT2D eigenvalue weighted by Gasteiger charge is -2.29. The number of anilines is 1. The van der Waals surface area contributed by atoms with Crippen LogP contribution in [-0.4, -0.2) is 74.6 Å². The zero-order valence-electron chi connectivity index (χ0n) is 13.8. The van der Waals surface area contributed by atoms with Crippen molar-refractivity contribution in [2.75, 3.05) is 49.3 Å². The number of hydrogen-bond acceptors (Lipinski definition) is 6. The predicted molar refractivity (Wildman–Crippen MR) is 91.0 cm³/mol. The minimum Gasteiger partial charge on any atom is -0.378 e. The topological polar surface area (TPSA) is 79.8 Å². The predicted octanol–water partition coefficient (Wildman–Crippen LogP) is 0.567. The molecule has 2 fully saturated rings. The third-order valence-corrected chi connectivity index (χ3v) is 6.34. The van der Waals surface area contributed by atoms with Crippen molar-refractivity contribution >= 4 is 21.4 Å². The summed E-state index contributed by atoms with van der Waals surface area (Å²) in [6.07, 6.45) is 2.31. The van der Waals surface area contributed by atoms with Crippen molar-refractivity contribution in [3.8, 4) is 0 Å². The molecule has 0 N–H and O–H groups in total. The van der Waals surface area contributed by atoms with Crippen molar-refractivity contribution in [2.24, 2.45) is 0 Å². The number of carbonyl (C=O) groups excluding carboxylic acids is 1. The molecule has 1 aromatic heterocycles. The van der Waals surface area contributed by atoms with E-state index in [1.54, 1.807) is 17.2 Å². The fourth-order valence-electron chi connectivity index (χ4n) is 3.28. The van der Waals surface area contributed by atoms with Crippen molar-refractivity contribution in [3.05, 3.63) is 24.0 Å². The van der Waals surface area contributed by atoms with Crippen LogP contribution < -0.4 is 4.90 Å². The van der Waals surface area contributed by atoms with Gasteiger partial charge in [-0.3, -0.25) is 4.79 Å². The summed E-state index contributed by atoms with van der Waals surface area (Å²) in [7, 11) is -2.93. The van der Waals surface area contributed by atoms with Crippen molar-refractivity contribution < 1.29 is 17.9 Å². The van der Waals surface area contributed by atoms with Crippen LogP contribution in [0.5, 0.6) is 0 Å². The second-order valence-electron chi connectivity index (χ2n) is 6.15. The molecule has 0 bridgehead atoms. The van der Waals surface area contributed by atoms with Crippen molar-refractivity contribution in [3.63, 3.8) is 0 Å². The first kappa shape index (κ1) is 17.2. The Balaban J connectivity index is 1.72. The number of aromatic nitrogens is 1. The molecule has 132 valence electrons. The Morgan fingerprint density at radius 2 is 2.12 bits per heavy atom. The molecule has 8 heteroatoms. The molecule has 1 unspecified atom stereocenters. The second-order valence-corrected chi connectivity index (χ2v) is 8.38. The molecular weight excluding hydrogens is 330 g/mol. The summed E-state index contributed by atoms with van der Waals surface area (Å²) in [4.78, 5) is 20.5. The zero-order valence-corrected chi connectivity index (χ0v) is 14.7. The second kappa shape index (κ2) is 7.06. The Hall–Kier alpha value is -1.67. The molecule has 0 radical (unpaired) electrons. The maximum Gasteiger partial charge on any atom is 0.272 e. The monoisotopic (exact) mass is 353 g/mol. The molecule has 2 saturated heterocycles. The molecular formula is C16H23N3O4S. The van der Waals surface area contributed by atoms with E-state index < -0.39 is 9.84 Å². The standard InChI is InChI=1S/C16H23N3O4S/c1-2-19(14-5-10-24(21,22)12-14)13-3-4-15(17-11-13)16(20)18-6-8-23-9-7-18/h3-4,11,14H,2,5-10,12H2,1H3. The fraction of sp³-hybridized carbons (Fsp3) is 0.625. The molecule has 7 nitrogen and oxygen atoms in total. The van der Waals surface area contributed by atoms with Gasteiger partial charge in [0, 0.05) is 25.7 Å². The Morgan fingerprint density at radius 1 is 1.38 bits per heavy atom. The number of sulfone groups is 1. The lowest BCUT2D eigenvalue weighted by molar-refractivity contribution is 0.0299. The van der Waals surface area contributed by atoms with Gasteiger partial charge in [-0.2, -0.15) is 0 Å². The fourth-order valence-corrected chi connectivity index (χ4v) is 5.01. The Kier molecular flexibility index (Phi) is 5.05. The van der Waals surface area contributed by atoms with Crippen LogP contribution in [0.4, 0.5) is 5.69 Å². The molecule has 0 aromatic carbocycles. The summed E-state index contributed by atoms with van der Waals surface area (Å²) in [6, 6.07) is 3.57. The lowest BCUT2D eigenvalue weighted by Crippen LogP contribution is -2.41. The van der Waals surface area contributed by atoms with Gasteiger partial charge in [0.25, 0.3) is 5.91 Å². The number of amides is 1. The van der Waals surface area contributed by atoms with Gasteiger partial charge in [0.1, 0.15) is 5.69 Å². The number of pyridine rings is 1. The summed E-state index contributed by atoms with van der Waals surface area (Å²) in [6.45, 7) is 5.00. The van der Waals surface area contributed by atoms with E-state index in [0.29, 0.717) is 45.0 Å². The van der Waals surface area contributed by atoms with Gasteiger partial charge < -0.3 is 14.5 Å². The van der Waals surface area contributed by atoms with Crippen LogP contribution in [0.3, 0.4) is 0 Å². The van der Waals surface area contributed by atoms with Crippen LogP contribution in [0.2, 0.25) is 0 Å². The Morgan fingerprint density at radius 3 is 2.67 bits per heavy atom. The number of rotatable bonds is 4. The van der Waals surface area contributed by atoms with Gasteiger partial charge in [-0.15, -0.1) is 0 Å². The van der Waals surface area contributed by atoms with Gasteiger partial charge in [-0.1, -0.05) is 0 Å². The van der Waals surface area contributed by atoms with Gasteiger partial charge in [-0.25, -0.2) is 13.4 Å². The van der Waals surface area contributed by atoms with Crippen LogP contribution in [-0.2, 0) is 14.6 Å². The van der Waals surface area contributed by atoms with Crippen LogP contribution in [0.1, 0.15) is 23.8 Å². The summed E-state index contributed by atoms with van der Waals surface area (Å²) < 4.78 is 28.7. The highest BCUT2D eigenvalue weighted by molar-refractivity contribution is 7.91. The number of carbonyl (C=O) groups is 1. The van der Waals surface area contributed by atoms with E-state index in [1.807, 2.05) is 13.0 Å². The molecule has 1 amide bonds. The van der Waals surface area contributed by atoms with Crippen molar-refractivity contribution in [2.45, 2.75) is 19.4 Å². The van der Waals surface area contributed by atoms with Crippen LogP contribution in [0.25, 0.3) is 0 Å². The molecule has 1 aromatic rings. The average Bonchev–Trinajstić information content (AvgIpc) is 2.96. The highest BCUT2D eigenvalue weighted by Crippen LogP contribution is 2.24. The minimum absolute atomic E-state index is 0.0115. The minimum atomic E-state index is -2.93. The normalized spacial score (nSPS) is 23.2. The summed E-state index contributed by atoms with van der Waals surface area (Å²) in [5.74, 6) is 0.348. The quantitative estimate of drug-likeness (QED) is 0.787. The van der Waals surface area contributed by atoms with E-state index >= 15 is 0 Å². The van der Waals surface area contributed by atoms with Gasteiger partial charge in [-0.05, 0) is 25.5 Å². The molecule has 3 rings (SSSR count). The zero-order chi connectivity index (χ0) is 17.2. The third kappa shape index (κ3) is 3.70. The van der Waals surface area contributed by atoms with Crippen LogP contribution >= 0.6 is 0 Å². The Labute approximate surface area is 142 Å². The molecule has 3 heterocycles. The molecule has 0 spiro atoms. The summed E-state index contributed by atoms with van der Waals surface area (Å²) >= 11 is 0. The molecule has 2 aliphatic rings. The maximum absolute atomic E-state index is 12.4. The van der Waals surface area contributed by atoms with E-state index in [4.69, 9.17) is 4.74 Å². The molecule has 2 aliphatic heterocycles. The van der Waals surface area contributed by atoms with Crippen molar-refractivity contribution in [1.82, 2.24) is 9.88 Å². The highest BCUT2D eigenvalue weighted by Gasteiger charge is 2.32. The van der Waals surface area contributed by atoms with E-state index in [2.05, 4.69) is 9.88 Å². The Bertz CT molecular complexity index is 684. The molecule has 24 heavy (non-hydrogen) atoms. The van der Waals surface area contributed by atoms with Crippen LogP contribution in [0, 0.1) is 0 Å². The average molecular weight is 353 g/mol. The largest absolute Gasteiger partial charge is 0.378 e. The van der Waals surface area contributed by atoms with E-state index in [-0.39, 0.29) is 23.5 Å². The number of morpholine rings is 1. The first-order chi connectivity index (χ1) is 11.5. The molecule has 0 saturated carbocycles. The number of ether oxygens (including phenoxy) is 1. The van der Waals surface area contributed by atoms with Gasteiger partial charge in [0.2, 0.25) is 0 Å². The van der Waals surface area contributed by atoms with Crippen LogP contribution in [0.15, 0.2) is 18.3 Å². The lowest BCUT2D eigenvalue weighted by atomic mass is 10.2. The summed E-state index contributed by atoms with van der Waals surface area (Å²) in [5, 5.41) is 0. The summed E-state index contributed by atoms with van der Waals surface area (Å²) in [5.41, 5.74) is 1.27. The maximum atomic E-state index is 12.4. The molecule has 0 aliphatic carbocycles. The SMILES string of the molecule is CCN(c1ccc(C(=O)N2CCOCC2)nc1)C1CCS(=O)(=O)C1. The van der Waals surface area contributed by atoms with E-state index in [9.17, 15) is 13.2 Å². The van der Waals surface area contributed by atoms with Gasteiger partial charge in [0.05, 0.1) is 36.6 Å². The smallest absolute Gasteiger partial charge is 0.272 e. The van der Waals surface area contributed by atoms with Gasteiger partial charge in [0.15, 0.2) is 9.84 Å². The van der Waals surface area contributed by atoms with Gasteiger partial charge >= 0.3 is 0 Å². The number of nitrogens with zero attached hydrogens (tertiary/aromatic N) is 3. The molecule has 1 atom stereocenters. The first-order valence-electron chi connectivity index (χ1n) is 8.30. The van der Waals surface area contributed by atoms with Crippen molar-refractivity contribution in [1.29, 1.82) is 0 Å². The van der Waals surface area contributed by atoms with E-state index in [1.165, 1.54) is 0 Å². The van der Waals surface area contributed by atoms with E-state index in [0.717, 1.165) is 5.69 Å².